The van der Waals surface area contributed by atoms with Gasteiger partial charge < -0.3 is 4.43 Å². The highest BCUT2D eigenvalue weighted by Gasteiger charge is 2.19. The number of rotatable bonds is 5. The summed E-state index contributed by atoms with van der Waals surface area (Å²) < 4.78 is 5.76. The number of nitrogens with zero attached hydrogens (tertiary/aromatic N) is 1. The molecule has 0 radical (unpaired) electrons. The van der Waals surface area contributed by atoms with Crippen LogP contribution in [0.4, 0.5) is 0 Å². The normalized spacial score (nSPS) is 13.5. The van der Waals surface area contributed by atoms with E-state index in [4.69, 9.17) is 9.69 Å². The second-order valence-corrected chi connectivity index (χ2v) is 8.20. The standard InChI is InChI=1S/C9H17NOSi/c1-5-6-9(7-8-10)11-12(2,3)4/h5,9H,1,6-7H2,2-4H3/t9-/m1/s1. The van der Waals surface area contributed by atoms with Gasteiger partial charge in [0.1, 0.15) is 0 Å². The minimum Gasteiger partial charge on any atom is -0.413 e. The maximum Gasteiger partial charge on any atom is 0.184 e. The molecule has 2 nitrogen and oxygen atoms in total. The van der Waals surface area contributed by atoms with Crippen LogP contribution in [0.15, 0.2) is 12.7 Å². The third-order valence-corrected chi connectivity index (χ3v) is 2.31. The van der Waals surface area contributed by atoms with Crippen molar-refractivity contribution in [2.45, 2.75) is 38.6 Å². The number of hydrogen-bond acceptors (Lipinski definition) is 2. The molecule has 0 aromatic rings. The highest BCUT2D eigenvalue weighted by Crippen LogP contribution is 2.12. The quantitative estimate of drug-likeness (QED) is 0.485. The highest BCUT2D eigenvalue weighted by molar-refractivity contribution is 6.69. The van der Waals surface area contributed by atoms with Crippen LogP contribution in [0.5, 0.6) is 0 Å². The Hall–Kier alpha value is -0.593. The van der Waals surface area contributed by atoms with Crippen LogP contribution in [0.2, 0.25) is 19.6 Å². The predicted molar refractivity (Wildman–Crippen MR) is 53.3 cm³/mol. The summed E-state index contributed by atoms with van der Waals surface area (Å²) in [5, 5.41) is 8.51. The lowest BCUT2D eigenvalue weighted by Gasteiger charge is -2.23. The molecule has 0 amide bonds. The topological polar surface area (TPSA) is 33.0 Å². The van der Waals surface area contributed by atoms with Crippen molar-refractivity contribution in [1.82, 2.24) is 0 Å². The van der Waals surface area contributed by atoms with E-state index in [9.17, 15) is 0 Å². The van der Waals surface area contributed by atoms with E-state index in [1.165, 1.54) is 0 Å². The first-order valence-corrected chi connectivity index (χ1v) is 7.56. The Bertz CT molecular complexity index is 178. The van der Waals surface area contributed by atoms with E-state index in [2.05, 4.69) is 32.3 Å². The van der Waals surface area contributed by atoms with Gasteiger partial charge in [-0.25, -0.2) is 0 Å². The summed E-state index contributed by atoms with van der Waals surface area (Å²) in [6.07, 6.45) is 3.11. The summed E-state index contributed by atoms with van der Waals surface area (Å²) in [4.78, 5) is 0. The van der Waals surface area contributed by atoms with Gasteiger partial charge >= 0.3 is 0 Å². The minimum absolute atomic E-state index is 0.0548. The molecule has 0 bridgehead atoms. The van der Waals surface area contributed by atoms with Crippen LogP contribution < -0.4 is 0 Å². The first-order valence-electron chi connectivity index (χ1n) is 4.15. The van der Waals surface area contributed by atoms with E-state index in [0.29, 0.717) is 6.42 Å². The Morgan fingerprint density at radius 2 is 2.17 bits per heavy atom. The summed E-state index contributed by atoms with van der Waals surface area (Å²) in [5.74, 6) is 0. The van der Waals surface area contributed by atoms with Gasteiger partial charge in [-0.3, -0.25) is 0 Å². The molecule has 0 heterocycles. The molecule has 68 valence electrons. The van der Waals surface area contributed by atoms with Crippen molar-refractivity contribution in [3.63, 3.8) is 0 Å². The first-order chi connectivity index (χ1) is 5.49. The maximum absolute atomic E-state index is 8.51. The number of hydrogen-bond donors (Lipinski definition) is 0. The van der Waals surface area contributed by atoms with Crippen LogP contribution in [0.3, 0.4) is 0 Å². The molecular formula is C9H17NOSi. The van der Waals surface area contributed by atoms with Crippen molar-refractivity contribution in [1.29, 1.82) is 5.26 Å². The van der Waals surface area contributed by atoms with Gasteiger partial charge in [-0.1, -0.05) is 6.08 Å². The van der Waals surface area contributed by atoms with Crippen LogP contribution in [0.1, 0.15) is 12.8 Å². The van der Waals surface area contributed by atoms with E-state index >= 15 is 0 Å². The summed E-state index contributed by atoms with van der Waals surface area (Å²) in [6, 6.07) is 2.12. The van der Waals surface area contributed by atoms with Gasteiger partial charge in [-0.2, -0.15) is 5.26 Å². The Balaban J connectivity index is 3.96. The Labute approximate surface area is 76.0 Å². The summed E-state index contributed by atoms with van der Waals surface area (Å²) in [5.41, 5.74) is 0. The Morgan fingerprint density at radius 3 is 2.50 bits per heavy atom. The van der Waals surface area contributed by atoms with Crippen molar-refractivity contribution in [2.24, 2.45) is 0 Å². The van der Waals surface area contributed by atoms with Gasteiger partial charge in [-0.05, 0) is 26.1 Å². The van der Waals surface area contributed by atoms with Crippen LogP contribution in [-0.2, 0) is 4.43 Å². The molecule has 0 aromatic carbocycles. The molecule has 0 aliphatic rings. The molecule has 0 rings (SSSR count). The monoisotopic (exact) mass is 183 g/mol. The van der Waals surface area contributed by atoms with E-state index in [-0.39, 0.29) is 6.10 Å². The molecule has 0 saturated carbocycles. The van der Waals surface area contributed by atoms with Crippen molar-refractivity contribution < 1.29 is 4.43 Å². The molecule has 3 heteroatoms. The van der Waals surface area contributed by atoms with Crippen LogP contribution in [0.25, 0.3) is 0 Å². The average molecular weight is 183 g/mol. The van der Waals surface area contributed by atoms with Gasteiger partial charge in [0.25, 0.3) is 0 Å². The average Bonchev–Trinajstić information content (AvgIpc) is 1.84. The molecule has 0 aliphatic heterocycles. The van der Waals surface area contributed by atoms with Crippen LogP contribution in [-0.4, -0.2) is 14.4 Å². The van der Waals surface area contributed by atoms with E-state index in [1.807, 2.05) is 6.08 Å². The molecule has 0 fully saturated rings. The molecule has 0 saturated heterocycles. The lowest BCUT2D eigenvalue weighted by Crippen LogP contribution is -2.31. The molecule has 1 atom stereocenters. The lowest BCUT2D eigenvalue weighted by atomic mass is 10.2. The SMILES string of the molecule is C=CC[C@H](CC#N)O[Si](C)(C)C. The van der Waals surface area contributed by atoms with Crippen molar-refractivity contribution >= 4 is 8.32 Å². The fraction of sp³-hybridized carbons (Fsp3) is 0.667. The summed E-state index contributed by atoms with van der Waals surface area (Å²) in [7, 11) is -1.49. The highest BCUT2D eigenvalue weighted by atomic mass is 28.4. The second-order valence-electron chi connectivity index (χ2n) is 3.74. The predicted octanol–water partition coefficient (Wildman–Crippen LogP) is 2.70. The van der Waals surface area contributed by atoms with Gasteiger partial charge in [-0.15, -0.1) is 6.58 Å². The fourth-order valence-electron chi connectivity index (χ4n) is 0.961. The summed E-state index contributed by atoms with van der Waals surface area (Å²) >= 11 is 0. The Morgan fingerprint density at radius 1 is 1.58 bits per heavy atom. The van der Waals surface area contributed by atoms with Crippen LogP contribution >= 0.6 is 0 Å². The zero-order chi connectivity index (χ0) is 9.61. The van der Waals surface area contributed by atoms with E-state index in [1.54, 1.807) is 0 Å². The van der Waals surface area contributed by atoms with Gasteiger partial charge in [0.15, 0.2) is 8.32 Å². The fourth-order valence-corrected chi connectivity index (χ4v) is 2.14. The molecule has 0 unspecified atom stereocenters. The van der Waals surface area contributed by atoms with E-state index in [0.717, 1.165) is 6.42 Å². The van der Waals surface area contributed by atoms with Gasteiger partial charge in [0.2, 0.25) is 0 Å². The third kappa shape index (κ3) is 6.14. The van der Waals surface area contributed by atoms with Crippen molar-refractivity contribution in [3.05, 3.63) is 12.7 Å². The van der Waals surface area contributed by atoms with Gasteiger partial charge in [0, 0.05) is 0 Å². The van der Waals surface area contributed by atoms with Gasteiger partial charge in [0.05, 0.1) is 18.6 Å². The first kappa shape index (κ1) is 11.4. The largest absolute Gasteiger partial charge is 0.413 e. The van der Waals surface area contributed by atoms with Crippen LogP contribution in [0, 0.1) is 11.3 Å². The van der Waals surface area contributed by atoms with E-state index < -0.39 is 8.32 Å². The maximum atomic E-state index is 8.51. The number of nitriles is 1. The zero-order valence-corrected chi connectivity index (χ0v) is 9.13. The van der Waals surface area contributed by atoms with Crippen molar-refractivity contribution in [3.8, 4) is 6.07 Å². The smallest absolute Gasteiger partial charge is 0.184 e. The minimum atomic E-state index is -1.49. The molecule has 0 aliphatic carbocycles. The molecule has 0 spiro atoms. The summed E-state index contributed by atoms with van der Waals surface area (Å²) in [6.45, 7) is 10.0. The molecular weight excluding hydrogens is 166 g/mol. The Kier molecular flexibility index (Phi) is 4.87. The third-order valence-electron chi connectivity index (χ3n) is 1.27. The lowest BCUT2D eigenvalue weighted by molar-refractivity contribution is 0.202. The van der Waals surface area contributed by atoms with Crippen molar-refractivity contribution in [2.75, 3.05) is 0 Å². The zero-order valence-electron chi connectivity index (χ0n) is 8.13. The molecule has 12 heavy (non-hydrogen) atoms. The molecule has 0 aromatic heterocycles. The second kappa shape index (κ2) is 5.12. The molecule has 0 N–H and O–H groups in total.